The summed E-state index contributed by atoms with van der Waals surface area (Å²) in [5, 5.41) is 128. The fraction of sp³-hybridized carbons (Fsp3) is 0.353. The molecular formula is C51H52O24. The van der Waals surface area contributed by atoms with Gasteiger partial charge < -0.3 is 104 Å². The van der Waals surface area contributed by atoms with Crippen LogP contribution < -0.4 is 10.2 Å². The number of fused-ring (bicyclic) bond motifs is 1. The maximum atomic E-state index is 14.6. The minimum Gasteiger partial charge on any atom is -0.508 e. The molecule has 24 nitrogen and oxygen atoms in total. The SMILES string of the molecule is C[C@@H]1O[C@@H](OC[C@H]2O[C@@H](Oc3c(-c4ccc(O)c(O)c4)oc4cc(O)cc(O)c4c3=O)[C@H](O[C@@H]3O[C@@H](C)[C@H](OC(=O)C=Cc4ccc(O)cc4)[C@@H](O)[C@H]3O)[C@@H](O)[C@H]2OC(=O)C=Cc2ccc(O)cc2)[C@H](O)[C@H](O)[C@H]1O. The lowest BCUT2D eigenvalue weighted by molar-refractivity contribution is -0.360. The van der Waals surface area contributed by atoms with Crippen molar-refractivity contribution in [3.8, 4) is 51.6 Å². The lowest BCUT2D eigenvalue weighted by Gasteiger charge is -2.47. The van der Waals surface area contributed by atoms with Crippen LogP contribution in [0.1, 0.15) is 25.0 Å². The van der Waals surface area contributed by atoms with Gasteiger partial charge in [0.15, 0.2) is 48.2 Å². The summed E-state index contributed by atoms with van der Waals surface area (Å²) < 4.78 is 53.2. The third kappa shape index (κ3) is 12.0. The van der Waals surface area contributed by atoms with Crippen LogP contribution in [0.25, 0.3) is 34.4 Å². The molecule has 0 amide bonds. The topological polar surface area (TPSA) is 381 Å². The summed E-state index contributed by atoms with van der Waals surface area (Å²) in [4.78, 5) is 41.1. The average molecular weight is 1050 g/mol. The third-order valence-electron chi connectivity index (χ3n) is 12.4. The van der Waals surface area contributed by atoms with E-state index in [0.717, 1.165) is 36.4 Å². The lowest BCUT2D eigenvalue weighted by atomic mass is 9.97. The van der Waals surface area contributed by atoms with Gasteiger partial charge in [-0.3, -0.25) is 4.79 Å². The number of aliphatic hydroxyl groups is 6. The zero-order valence-electron chi connectivity index (χ0n) is 39.4. The number of hydrogen-bond acceptors (Lipinski definition) is 24. The summed E-state index contributed by atoms with van der Waals surface area (Å²) in [5.74, 6) is -6.25. The van der Waals surface area contributed by atoms with E-state index in [1.807, 2.05) is 0 Å². The van der Waals surface area contributed by atoms with E-state index >= 15 is 0 Å². The van der Waals surface area contributed by atoms with Gasteiger partial charge in [0.1, 0.15) is 76.7 Å². The molecule has 12 N–H and O–H groups in total. The molecule has 8 rings (SSSR count). The van der Waals surface area contributed by atoms with Crippen LogP contribution in [0.5, 0.6) is 40.2 Å². The highest BCUT2D eigenvalue weighted by Gasteiger charge is 2.54. The number of esters is 2. The Morgan fingerprint density at radius 2 is 1.15 bits per heavy atom. The number of rotatable bonds is 14. The number of benzene rings is 4. The first-order chi connectivity index (χ1) is 35.7. The van der Waals surface area contributed by atoms with Gasteiger partial charge in [-0.2, -0.15) is 0 Å². The molecule has 3 fully saturated rings. The van der Waals surface area contributed by atoms with Crippen LogP contribution in [0.3, 0.4) is 0 Å². The molecule has 0 spiro atoms. The molecule has 1 aromatic heterocycles. The monoisotopic (exact) mass is 1050 g/mol. The van der Waals surface area contributed by atoms with E-state index in [0.29, 0.717) is 11.1 Å². The summed E-state index contributed by atoms with van der Waals surface area (Å²) in [6.07, 6.45) is -22.5. The molecule has 4 aromatic carbocycles. The first-order valence-corrected chi connectivity index (χ1v) is 23.1. The number of carbonyl (C=O) groups is 2. The fourth-order valence-electron chi connectivity index (χ4n) is 8.38. The van der Waals surface area contributed by atoms with Crippen LogP contribution in [-0.4, -0.2) is 172 Å². The van der Waals surface area contributed by atoms with Crippen molar-refractivity contribution in [1.29, 1.82) is 0 Å². The molecule has 15 atom stereocenters. The van der Waals surface area contributed by atoms with Crippen LogP contribution in [0.2, 0.25) is 0 Å². The van der Waals surface area contributed by atoms with Gasteiger partial charge in [-0.15, -0.1) is 0 Å². The molecule has 3 aliphatic heterocycles. The van der Waals surface area contributed by atoms with Gasteiger partial charge in [0, 0.05) is 29.8 Å². The molecule has 3 saturated heterocycles. The van der Waals surface area contributed by atoms with Crippen molar-refractivity contribution in [3.05, 3.63) is 112 Å². The van der Waals surface area contributed by atoms with Gasteiger partial charge in [-0.05, 0) is 79.6 Å². The Morgan fingerprint density at radius 1 is 0.560 bits per heavy atom. The predicted octanol–water partition coefficient (Wildman–Crippen LogP) is 1.10. The maximum absolute atomic E-state index is 14.6. The number of aliphatic hydroxyl groups excluding tert-OH is 6. The van der Waals surface area contributed by atoms with E-state index in [9.17, 15) is 75.7 Å². The van der Waals surface area contributed by atoms with E-state index in [-0.39, 0.29) is 17.1 Å². The molecular weight excluding hydrogens is 997 g/mol. The number of phenolic OH excluding ortho intramolecular Hbond substituents is 6. The Hall–Kier alpha value is -7.33. The Kier molecular flexibility index (Phi) is 16.3. The van der Waals surface area contributed by atoms with Crippen molar-refractivity contribution in [2.75, 3.05) is 6.61 Å². The number of aromatic hydroxyl groups is 6. The van der Waals surface area contributed by atoms with E-state index in [2.05, 4.69) is 0 Å². The summed E-state index contributed by atoms with van der Waals surface area (Å²) in [7, 11) is 0. The third-order valence-corrected chi connectivity index (χ3v) is 12.4. The van der Waals surface area contributed by atoms with Gasteiger partial charge in [-0.1, -0.05) is 24.3 Å². The van der Waals surface area contributed by atoms with E-state index in [4.69, 9.17) is 42.3 Å². The zero-order chi connectivity index (χ0) is 54.0. The van der Waals surface area contributed by atoms with Crippen LogP contribution in [-0.2, 0) is 42.7 Å². The Bertz CT molecular complexity index is 2960. The zero-order valence-corrected chi connectivity index (χ0v) is 39.4. The largest absolute Gasteiger partial charge is 0.508 e. The number of carbonyl (C=O) groups excluding carboxylic acids is 2. The van der Waals surface area contributed by atoms with E-state index in [1.54, 1.807) is 0 Å². The van der Waals surface area contributed by atoms with Gasteiger partial charge in [-0.25, -0.2) is 9.59 Å². The molecule has 0 aliphatic carbocycles. The van der Waals surface area contributed by atoms with Crippen molar-refractivity contribution in [2.45, 2.75) is 106 Å². The quantitative estimate of drug-likeness (QED) is 0.0421. The Balaban J connectivity index is 1.17. The van der Waals surface area contributed by atoms with Crippen molar-refractivity contribution in [3.63, 3.8) is 0 Å². The van der Waals surface area contributed by atoms with Gasteiger partial charge >= 0.3 is 11.9 Å². The van der Waals surface area contributed by atoms with Crippen LogP contribution in [0.15, 0.2) is 100 Å². The van der Waals surface area contributed by atoms with Gasteiger partial charge in [0.05, 0.1) is 18.8 Å². The molecule has 24 heteroatoms. The molecule has 4 heterocycles. The molecule has 0 bridgehead atoms. The van der Waals surface area contributed by atoms with Crippen molar-refractivity contribution in [2.24, 2.45) is 0 Å². The van der Waals surface area contributed by atoms with Crippen LogP contribution in [0, 0.1) is 0 Å². The molecule has 3 aliphatic rings. The predicted molar refractivity (Wildman–Crippen MR) is 253 cm³/mol. The second-order valence-corrected chi connectivity index (χ2v) is 17.7. The highest BCUT2D eigenvalue weighted by molar-refractivity contribution is 5.89. The second-order valence-electron chi connectivity index (χ2n) is 17.7. The van der Waals surface area contributed by atoms with Crippen molar-refractivity contribution >= 4 is 35.1 Å². The normalized spacial score (nSPS) is 30.1. The Morgan fingerprint density at radius 3 is 1.76 bits per heavy atom. The second kappa shape index (κ2) is 22.6. The minimum absolute atomic E-state index is 0.0167. The highest BCUT2D eigenvalue weighted by atomic mass is 16.8. The lowest BCUT2D eigenvalue weighted by Crippen LogP contribution is -2.66. The van der Waals surface area contributed by atoms with E-state index < -0.39 is 162 Å². The number of phenols is 6. The molecule has 0 saturated carbocycles. The summed E-state index contributed by atoms with van der Waals surface area (Å²) in [6, 6.07) is 16.4. The summed E-state index contributed by atoms with van der Waals surface area (Å²) in [6.45, 7) is 1.89. The highest BCUT2D eigenvalue weighted by Crippen LogP contribution is 2.41. The van der Waals surface area contributed by atoms with Crippen LogP contribution in [0.4, 0.5) is 0 Å². The van der Waals surface area contributed by atoms with E-state index in [1.165, 1.54) is 80.6 Å². The van der Waals surface area contributed by atoms with Crippen molar-refractivity contribution in [1.82, 2.24) is 0 Å². The molecule has 5 aromatic rings. The van der Waals surface area contributed by atoms with Gasteiger partial charge in [0.2, 0.25) is 17.5 Å². The standard InChI is InChI=1S/C51H52O24/c1-21-37(60)39(62)41(64)49(68-21)67-20-33-46(73-35(59)16-8-24-5-12-27(53)13-6-24)43(66)48(75-50-42(65)40(63)44(22(2)69-50)72-34(58)15-7-23-3-10-26(52)11-4-23)51(71-33)74-47-38(61)36-31(57)18-28(54)19-32(36)70-45(47)25-9-14-29(55)30(56)17-25/h3-19,21-22,33,37,39-44,46,48-57,60,62-66H,20H2,1-2H3/t21-,22-,33+,37-,39+,40-,41+,42+,43-,44-,46-,48+,49+,50-,51-/m0/s1. The molecule has 75 heavy (non-hydrogen) atoms. The molecule has 400 valence electrons. The minimum atomic E-state index is -2.21. The van der Waals surface area contributed by atoms with Crippen LogP contribution >= 0.6 is 0 Å². The first-order valence-electron chi connectivity index (χ1n) is 23.1. The van der Waals surface area contributed by atoms with Crippen molar-refractivity contribution < 1.29 is 113 Å². The maximum Gasteiger partial charge on any atom is 0.331 e. The average Bonchev–Trinajstić information content (AvgIpc) is 3.37. The number of hydrogen-bond donors (Lipinski definition) is 12. The van der Waals surface area contributed by atoms with Gasteiger partial charge in [0.25, 0.3) is 0 Å². The molecule has 0 unspecified atom stereocenters. The summed E-state index contributed by atoms with van der Waals surface area (Å²) in [5.41, 5.74) is -0.829. The smallest absolute Gasteiger partial charge is 0.331 e. The number of ether oxygens (including phenoxy) is 8. The fourth-order valence-corrected chi connectivity index (χ4v) is 8.38. The molecule has 0 radical (unpaired) electrons. The summed E-state index contributed by atoms with van der Waals surface area (Å²) >= 11 is 0. The Labute approximate surface area is 423 Å². The first kappa shape index (κ1) is 53.9.